The molecule has 1 aliphatic rings. The average Bonchev–Trinajstić information content (AvgIpc) is 2.73. The van der Waals surface area contributed by atoms with Crippen LogP contribution in [0.15, 0.2) is 47.6 Å². The quantitative estimate of drug-likeness (QED) is 0.601. The molecule has 1 fully saturated rings. The topological polar surface area (TPSA) is 53.0 Å². The summed E-state index contributed by atoms with van der Waals surface area (Å²) < 4.78 is 5.61. The summed E-state index contributed by atoms with van der Waals surface area (Å²) in [6, 6.07) is 12.7. The van der Waals surface area contributed by atoms with Crippen molar-refractivity contribution in [3.05, 3.63) is 59.3 Å². The highest BCUT2D eigenvalue weighted by atomic mass is 16.5. The van der Waals surface area contributed by atoms with Crippen LogP contribution in [0.4, 0.5) is 5.82 Å². The van der Waals surface area contributed by atoms with Crippen molar-refractivity contribution >= 4 is 11.8 Å². The van der Waals surface area contributed by atoms with E-state index in [1.54, 1.807) is 0 Å². The number of hydrogen-bond donors (Lipinski definition) is 1. The Bertz CT molecular complexity index is 805. The molecule has 1 N–H and O–H groups in total. The molecule has 0 amide bonds. The molecule has 0 bridgehead atoms. The minimum atomic E-state index is 0.251. The number of guanidine groups is 1. The number of nitrogens with zero attached hydrogens (tertiary/aromatic N) is 4. The van der Waals surface area contributed by atoms with E-state index >= 15 is 0 Å². The predicted molar refractivity (Wildman–Crippen MR) is 119 cm³/mol. The molecular formula is C23H33N5O. The Morgan fingerprint density at radius 1 is 1.31 bits per heavy atom. The van der Waals surface area contributed by atoms with Crippen LogP contribution in [0.5, 0.6) is 0 Å². The molecule has 1 unspecified atom stereocenters. The fourth-order valence-corrected chi connectivity index (χ4v) is 3.48. The molecule has 0 saturated carbocycles. The monoisotopic (exact) mass is 395 g/mol. The van der Waals surface area contributed by atoms with Gasteiger partial charge in [-0.1, -0.05) is 30.3 Å². The lowest BCUT2D eigenvalue weighted by Gasteiger charge is -2.32. The first kappa shape index (κ1) is 21.1. The minimum Gasteiger partial charge on any atom is -0.375 e. The standard InChI is InChI=1S/C23H33N5O/c1-5-24-23(27(4)17-21-9-7-6-8-18(21)2)26-15-20-10-11-22(25-14-20)28-12-13-29-19(3)16-28/h6-11,14,19H,5,12-13,15-17H2,1-4H3,(H,24,26). The van der Waals surface area contributed by atoms with E-state index in [1.165, 1.54) is 11.1 Å². The summed E-state index contributed by atoms with van der Waals surface area (Å²) in [5, 5.41) is 3.39. The van der Waals surface area contributed by atoms with Crippen molar-refractivity contribution in [2.75, 3.05) is 38.2 Å². The molecule has 1 aromatic heterocycles. The third-order valence-electron chi connectivity index (χ3n) is 5.15. The number of pyridine rings is 1. The Hall–Kier alpha value is -2.60. The number of nitrogens with one attached hydrogen (secondary N) is 1. The van der Waals surface area contributed by atoms with Crippen LogP contribution in [0.3, 0.4) is 0 Å². The van der Waals surface area contributed by atoms with Crippen molar-refractivity contribution in [2.24, 2.45) is 4.99 Å². The maximum atomic E-state index is 5.61. The van der Waals surface area contributed by atoms with Gasteiger partial charge in [0.1, 0.15) is 5.82 Å². The van der Waals surface area contributed by atoms with Crippen LogP contribution in [-0.4, -0.2) is 55.2 Å². The highest BCUT2D eigenvalue weighted by Crippen LogP contribution is 2.16. The first-order valence-corrected chi connectivity index (χ1v) is 10.4. The van der Waals surface area contributed by atoms with Gasteiger partial charge >= 0.3 is 0 Å². The van der Waals surface area contributed by atoms with Crippen LogP contribution in [0.25, 0.3) is 0 Å². The zero-order valence-corrected chi connectivity index (χ0v) is 18.1. The van der Waals surface area contributed by atoms with Gasteiger partial charge in [-0.3, -0.25) is 0 Å². The summed E-state index contributed by atoms with van der Waals surface area (Å²) in [4.78, 5) is 13.9. The van der Waals surface area contributed by atoms with Gasteiger partial charge in [-0.2, -0.15) is 0 Å². The molecule has 2 heterocycles. The van der Waals surface area contributed by atoms with Gasteiger partial charge in [0.15, 0.2) is 5.96 Å². The van der Waals surface area contributed by atoms with Crippen LogP contribution < -0.4 is 10.2 Å². The molecule has 6 nitrogen and oxygen atoms in total. The molecule has 1 aromatic carbocycles. The van der Waals surface area contributed by atoms with Crippen molar-refractivity contribution in [3.63, 3.8) is 0 Å². The van der Waals surface area contributed by atoms with Gasteiger partial charge in [-0.05, 0) is 43.5 Å². The minimum absolute atomic E-state index is 0.251. The van der Waals surface area contributed by atoms with E-state index in [0.29, 0.717) is 6.54 Å². The van der Waals surface area contributed by atoms with Gasteiger partial charge < -0.3 is 19.9 Å². The van der Waals surface area contributed by atoms with Gasteiger partial charge in [-0.15, -0.1) is 0 Å². The van der Waals surface area contributed by atoms with E-state index < -0.39 is 0 Å². The summed E-state index contributed by atoms with van der Waals surface area (Å²) in [5.74, 6) is 1.92. The second kappa shape index (κ2) is 10.3. The van der Waals surface area contributed by atoms with E-state index in [1.807, 2.05) is 6.20 Å². The normalized spacial score (nSPS) is 17.3. The summed E-state index contributed by atoms with van der Waals surface area (Å²) in [7, 11) is 2.08. The maximum Gasteiger partial charge on any atom is 0.194 e. The second-order valence-corrected chi connectivity index (χ2v) is 7.60. The molecule has 1 saturated heterocycles. The Morgan fingerprint density at radius 2 is 2.14 bits per heavy atom. The molecule has 2 aromatic rings. The SMILES string of the molecule is CCNC(=NCc1ccc(N2CCOC(C)C2)nc1)N(C)Cc1ccccc1C. The Morgan fingerprint density at radius 3 is 2.83 bits per heavy atom. The summed E-state index contributed by atoms with van der Waals surface area (Å²) in [6.45, 7) is 11.1. The summed E-state index contributed by atoms with van der Waals surface area (Å²) >= 11 is 0. The second-order valence-electron chi connectivity index (χ2n) is 7.60. The molecular weight excluding hydrogens is 362 g/mol. The van der Waals surface area contributed by atoms with Gasteiger partial charge in [0.2, 0.25) is 0 Å². The van der Waals surface area contributed by atoms with Crippen LogP contribution in [0.2, 0.25) is 0 Å². The number of hydrogen-bond acceptors (Lipinski definition) is 4. The van der Waals surface area contributed by atoms with Gasteiger partial charge in [0.25, 0.3) is 0 Å². The number of rotatable bonds is 6. The zero-order chi connectivity index (χ0) is 20.6. The highest BCUT2D eigenvalue weighted by Gasteiger charge is 2.17. The number of benzene rings is 1. The smallest absolute Gasteiger partial charge is 0.194 e. The lowest BCUT2D eigenvalue weighted by molar-refractivity contribution is 0.0529. The van der Waals surface area contributed by atoms with Crippen LogP contribution >= 0.6 is 0 Å². The molecule has 0 spiro atoms. The summed E-state index contributed by atoms with van der Waals surface area (Å²) in [5.41, 5.74) is 3.72. The Kier molecular flexibility index (Phi) is 7.47. The molecule has 0 radical (unpaired) electrons. The zero-order valence-electron chi connectivity index (χ0n) is 18.1. The highest BCUT2D eigenvalue weighted by molar-refractivity contribution is 5.79. The molecule has 1 atom stereocenters. The number of anilines is 1. The van der Waals surface area contributed by atoms with Gasteiger partial charge in [-0.25, -0.2) is 9.98 Å². The predicted octanol–water partition coefficient (Wildman–Crippen LogP) is 3.21. The lowest BCUT2D eigenvalue weighted by atomic mass is 10.1. The first-order chi connectivity index (χ1) is 14.1. The van der Waals surface area contributed by atoms with Crippen molar-refractivity contribution in [1.82, 2.24) is 15.2 Å². The third kappa shape index (κ3) is 5.94. The lowest BCUT2D eigenvalue weighted by Crippen LogP contribution is -2.41. The van der Waals surface area contributed by atoms with E-state index in [9.17, 15) is 0 Å². The molecule has 3 rings (SSSR count). The molecule has 156 valence electrons. The third-order valence-corrected chi connectivity index (χ3v) is 5.15. The first-order valence-electron chi connectivity index (χ1n) is 10.4. The van der Waals surface area contributed by atoms with Crippen LogP contribution in [0.1, 0.15) is 30.5 Å². The average molecular weight is 396 g/mol. The van der Waals surface area contributed by atoms with Gasteiger partial charge in [0, 0.05) is 39.4 Å². The van der Waals surface area contributed by atoms with E-state index in [-0.39, 0.29) is 6.10 Å². The molecule has 6 heteroatoms. The van der Waals surface area contributed by atoms with Crippen LogP contribution in [-0.2, 0) is 17.8 Å². The maximum absolute atomic E-state index is 5.61. The number of aliphatic imine (C=N–C) groups is 1. The number of ether oxygens (including phenoxy) is 1. The van der Waals surface area contributed by atoms with E-state index in [2.05, 4.69) is 84.3 Å². The van der Waals surface area contributed by atoms with Crippen molar-refractivity contribution < 1.29 is 4.74 Å². The fourth-order valence-electron chi connectivity index (χ4n) is 3.48. The molecule has 1 aliphatic heterocycles. The number of aryl methyl sites for hydroxylation is 1. The van der Waals surface area contributed by atoms with Crippen molar-refractivity contribution in [2.45, 2.75) is 40.0 Å². The number of aromatic nitrogens is 1. The summed E-state index contributed by atoms with van der Waals surface area (Å²) in [6.07, 6.45) is 2.19. The van der Waals surface area contributed by atoms with Crippen LogP contribution in [0, 0.1) is 6.92 Å². The fraction of sp³-hybridized carbons (Fsp3) is 0.478. The Balaban J connectivity index is 1.64. The van der Waals surface area contributed by atoms with E-state index in [0.717, 1.165) is 50.1 Å². The molecule has 0 aliphatic carbocycles. The van der Waals surface area contributed by atoms with Gasteiger partial charge in [0.05, 0.1) is 19.3 Å². The van der Waals surface area contributed by atoms with E-state index in [4.69, 9.17) is 9.73 Å². The molecule has 29 heavy (non-hydrogen) atoms. The largest absolute Gasteiger partial charge is 0.375 e. The van der Waals surface area contributed by atoms with Crippen molar-refractivity contribution in [1.29, 1.82) is 0 Å². The van der Waals surface area contributed by atoms with Crippen molar-refractivity contribution in [3.8, 4) is 0 Å². The Labute approximate surface area is 174 Å². The number of morpholine rings is 1.